The van der Waals surface area contributed by atoms with E-state index in [1.54, 1.807) is 0 Å². The monoisotopic (exact) mass is 175 g/mol. The molecule has 0 aromatic rings. The average Bonchev–Trinajstić information content (AvgIpc) is 2.05. The number of rotatable bonds is 7. The highest BCUT2D eigenvalue weighted by Gasteiger charge is 2.08. The van der Waals surface area contributed by atoms with E-state index in [4.69, 9.17) is 5.11 Å². The summed E-state index contributed by atoms with van der Waals surface area (Å²) in [4.78, 5) is 1.94. The zero-order chi connectivity index (χ0) is 9.40. The van der Waals surface area contributed by atoms with Crippen LogP contribution < -0.4 is 0 Å². The van der Waals surface area contributed by atoms with Gasteiger partial charge in [0.2, 0.25) is 0 Å². The molecule has 74 valence electrons. The molecule has 3 heteroatoms. The molecule has 0 saturated carbocycles. The molecular weight excluding hydrogens is 154 g/mol. The van der Waals surface area contributed by atoms with Gasteiger partial charge >= 0.3 is 0 Å². The standard InChI is InChI=1S/C9H21NO2/c1-3-7-10(2)9(12)6-4-5-8-11/h9,11-12H,3-8H2,1-2H3. The Morgan fingerprint density at radius 3 is 2.50 bits per heavy atom. The minimum absolute atomic E-state index is 0.226. The normalized spacial score (nSPS) is 13.8. The molecule has 0 rings (SSSR count). The Kier molecular flexibility index (Phi) is 7.45. The van der Waals surface area contributed by atoms with Gasteiger partial charge in [0.05, 0.1) is 0 Å². The second kappa shape index (κ2) is 7.53. The Hall–Kier alpha value is -0.120. The number of aliphatic hydroxyl groups excluding tert-OH is 2. The Morgan fingerprint density at radius 1 is 1.33 bits per heavy atom. The molecule has 0 saturated heterocycles. The first kappa shape index (κ1) is 11.9. The third-order valence-corrected chi connectivity index (χ3v) is 1.96. The Labute approximate surface area is 75.0 Å². The lowest BCUT2D eigenvalue weighted by molar-refractivity contribution is 0.0133. The summed E-state index contributed by atoms with van der Waals surface area (Å²) in [7, 11) is 1.92. The smallest absolute Gasteiger partial charge is 0.107 e. The number of hydrogen-bond acceptors (Lipinski definition) is 3. The highest BCUT2D eigenvalue weighted by molar-refractivity contribution is 4.56. The summed E-state index contributed by atoms with van der Waals surface area (Å²) in [6.07, 6.45) is 3.17. The highest BCUT2D eigenvalue weighted by Crippen LogP contribution is 2.04. The van der Waals surface area contributed by atoms with Crippen molar-refractivity contribution in [2.75, 3.05) is 20.2 Å². The van der Waals surface area contributed by atoms with Crippen LogP contribution in [0.1, 0.15) is 32.6 Å². The van der Waals surface area contributed by atoms with E-state index in [2.05, 4.69) is 6.92 Å². The van der Waals surface area contributed by atoms with Gasteiger partial charge in [-0.15, -0.1) is 0 Å². The van der Waals surface area contributed by atoms with Crippen LogP contribution in [0.25, 0.3) is 0 Å². The largest absolute Gasteiger partial charge is 0.396 e. The van der Waals surface area contributed by atoms with Crippen LogP contribution >= 0.6 is 0 Å². The lowest BCUT2D eigenvalue weighted by Gasteiger charge is -2.22. The summed E-state index contributed by atoms with van der Waals surface area (Å²) in [5.41, 5.74) is 0. The van der Waals surface area contributed by atoms with Gasteiger partial charge in [-0.2, -0.15) is 0 Å². The first-order chi connectivity index (χ1) is 5.72. The Bertz CT molecular complexity index is 98.5. The van der Waals surface area contributed by atoms with Crippen LogP contribution in [0, 0.1) is 0 Å². The van der Waals surface area contributed by atoms with Crippen molar-refractivity contribution in [3.63, 3.8) is 0 Å². The van der Waals surface area contributed by atoms with Gasteiger partial charge in [0, 0.05) is 6.61 Å². The topological polar surface area (TPSA) is 43.7 Å². The summed E-state index contributed by atoms with van der Waals surface area (Å²) >= 11 is 0. The van der Waals surface area contributed by atoms with Crippen LogP contribution in [-0.4, -0.2) is 41.5 Å². The first-order valence-electron chi connectivity index (χ1n) is 4.71. The molecule has 0 heterocycles. The molecule has 1 atom stereocenters. The third-order valence-electron chi connectivity index (χ3n) is 1.96. The maximum absolute atomic E-state index is 9.52. The van der Waals surface area contributed by atoms with Gasteiger partial charge in [-0.3, -0.25) is 4.90 Å². The van der Waals surface area contributed by atoms with Crippen molar-refractivity contribution in [1.29, 1.82) is 0 Å². The van der Waals surface area contributed by atoms with Gasteiger partial charge in [0.1, 0.15) is 6.23 Å². The summed E-state index contributed by atoms with van der Waals surface area (Å²) < 4.78 is 0. The molecular formula is C9H21NO2. The second-order valence-electron chi connectivity index (χ2n) is 3.18. The third kappa shape index (κ3) is 5.52. The van der Waals surface area contributed by atoms with Crippen LogP contribution in [0.15, 0.2) is 0 Å². The highest BCUT2D eigenvalue weighted by atomic mass is 16.3. The van der Waals surface area contributed by atoms with E-state index in [9.17, 15) is 5.11 Å². The molecule has 0 aliphatic rings. The number of aliphatic hydroxyl groups is 2. The molecule has 0 aliphatic carbocycles. The van der Waals surface area contributed by atoms with Gasteiger partial charge in [0.25, 0.3) is 0 Å². The molecule has 0 aromatic heterocycles. The molecule has 0 aliphatic heterocycles. The maximum Gasteiger partial charge on any atom is 0.107 e. The molecule has 0 aromatic carbocycles. The van der Waals surface area contributed by atoms with E-state index in [0.29, 0.717) is 0 Å². The van der Waals surface area contributed by atoms with Crippen molar-refractivity contribution in [3.05, 3.63) is 0 Å². The lowest BCUT2D eigenvalue weighted by Crippen LogP contribution is -2.31. The van der Waals surface area contributed by atoms with Crippen LogP contribution in [0.2, 0.25) is 0 Å². The van der Waals surface area contributed by atoms with E-state index in [0.717, 1.165) is 32.2 Å². The van der Waals surface area contributed by atoms with E-state index in [-0.39, 0.29) is 12.8 Å². The second-order valence-corrected chi connectivity index (χ2v) is 3.18. The van der Waals surface area contributed by atoms with Crippen LogP contribution in [0.5, 0.6) is 0 Å². The number of unbranched alkanes of at least 4 members (excludes halogenated alkanes) is 1. The van der Waals surface area contributed by atoms with E-state index in [1.807, 2.05) is 11.9 Å². The van der Waals surface area contributed by atoms with Gasteiger partial charge in [-0.05, 0) is 39.3 Å². The summed E-state index contributed by atoms with van der Waals surface area (Å²) in [5.74, 6) is 0. The summed E-state index contributed by atoms with van der Waals surface area (Å²) in [6, 6.07) is 0. The molecule has 2 N–H and O–H groups in total. The van der Waals surface area contributed by atoms with E-state index >= 15 is 0 Å². The number of hydrogen-bond donors (Lipinski definition) is 2. The van der Waals surface area contributed by atoms with Crippen molar-refractivity contribution in [2.45, 2.75) is 38.8 Å². The van der Waals surface area contributed by atoms with E-state index < -0.39 is 0 Å². The zero-order valence-electron chi connectivity index (χ0n) is 8.16. The van der Waals surface area contributed by atoms with Crippen molar-refractivity contribution >= 4 is 0 Å². The molecule has 0 radical (unpaired) electrons. The van der Waals surface area contributed by atoms with Gasteiger partial charge < -0.3 is 10.2 Å². The fourth-order valence-electron chi connectivity index (χ4n) is 1.16. The van der Waals surface area contributed by atoms with Crippen LogP contribution in [0.3, 0.4) is 0 Å². The minimum atomic E-state index is -0.337. The predicted octanol–water partition coefficient (Wildman–Crippen LogP) is 0.809. The maximum atomic E-state index is 9.52. The average molecular weight is 175 g/mol. The van der Waals surface area contributed by atoms with Crippen molar-refractivity contribution < 1.29 is 10.2 Å². The number of nitrogens with zero attached hydrogens (tertiary/aromatic N) is 1. The van der Waals surface area contributed by atoms with Gasteiger partial charge in [-0.25, -0.2) is 0 Å². The summed E-state index contributed by atoms with van der Waals surface area (Å²) in [6.45, 7) is 3.25. The predicted molar refractivity (Wildman–Crippen MR) is 49.9 cm³/mol. The Morgan fingerprint density at radius 2 is 2.00 bits per heavy atom. The quantitative estimate of drug-likeness (QED) is 0.444. The fraction of sp³-hybridized carbons (Fsp3) is 1.00. The molecule has 0 amide bonds. The Balaban J connectivity index is 3.35. The summed E-state index contributed by atoms with van der Waals surface area (Å²) in [5, 5.41) is 18.0. The lowest BCUT2D eigenvalue weighted by atomic mass is 10.2. The first-order valence-corrected chi connectivity index (χ1v) is 4.71. The minimum Gasteiger partial charge on any atom is -0.396 e. The SMILES string of the molecule is CCCN(C)C(O)CCCCO. The van der Waals surface area contributed by atoms with Crippen molar-refractivity contribution in [1.82, 2.24) is 4.90 Å². The molecule has 12 heavy (non-hydrogen) atoms. The molecule has 0 fully saturated rings. The molecule has 0 spiro atoms. The van der Waals surface area contributed by atoms with Gasteiger partial charge in [0.15, 0.2) is 0 Å². The molecule has 1 unspecified atom stereocenters. The van der Waals surface area contributed by atoms with E-state index in [1.165, 1.54) is 0 Å². The van der Waals surface area contributed by atoms with Crippen LogP contribution in [-0.2, 0) is 0 Å². The van der Waals surface area contributed by atoms with Crippen molar-refractivity contribution in [3.8, 4) is 0 Å². The molecule has 0 bridgehead atoms. The molecule has 3 nitrogen and oxygen atoms in total. The van der Waals surface area contributed by atoms with Crippen molar-refractivity contribution in [2.24, 2.45) is 0 Å². The van der Waals surface area contributed by atoms with Gasteiger partial charge in [-0.1, -0.05) is 6.92 Å². The van der Waals surface area contributed by atoms with Crippen LogP contribution in [0.4, 0.5) is 0 Å². The fourth-order valence-corrected chi connectivity index (χ4v) is 1.16. The zero-order valence-corrected chi connectivity index (χ0v) is 8.16.